The second-order valence-electron chi connectivity index (χ2n) is 7.60. The molecule has 0 aromatic heterocycles. The van der Waals surface area contributed by atoms with E-state index in [0.29, 0.717) is 11.4 Å². The number of aliphatic imine (C=N–C) groups is 1. The third-order valence-electron chi connectivity index (χ3n) is 3.44. The number of hydrogen-bond donors (Lipinski definition) is 0. The summed E-state index contributed by atoms with van der Waals surface area (Å²) >= 11 is 0. The van der Waals surface area contributed by atoms with E-state index in [-0.39, 0.29) is 16.9 Å². The van der Waals surface area contributed by atoms with E-state index in [9.17, 15) is 5.11 Å². The molecule has 0 heterocycles. The van der Waals surface area contributed by atoms with Gasteiger partial charge in [-0.15, -0.1) is 0 Å². The highest BCUT2D eigenvalue weighted by Crippen LogP contribution is 2.33. The smallest absolute Gasteiger partial charge is 0.0623 e. The van der Waals surface area contributed by atoms with Gasteiger partial charge in [0.15, 0.2) is 0 Å². The van der Waals surface area contributed by atoms with Gasteiger partial charge in [-0.1, -0.05) is 51.6 Å². The SMILES string of the molecule is C=C(C([O-])=Nc1ccccc1)N(/C=C\C)C(C)(C)CC(C)(C)C. The molecule has 23 heavy (non-hydrogen) atoms. The van der Waals surface area contributed by atoms with Crippen molar-refractivity contribution in [1.29, 1.82) is 0 Å². The maximum atomic E-state index is 12.5. The van der Waals surface area contributed by atoms with Gasteiger partial charge >= 0.3 is 0 Å². The zero-order chi connectivity index (χ0) is 17.7. The summed E-state index contributed by atoms with van der Waals surface area (Å²) in [6, 6.07) is 9.25. The van der Waals surface area contributed by atoms with Gasteiger partial charge in [-0.05, 0) is 44.7 Å². The molecule has 0 spiro atoms. The molecule has 0 unspecified atom stereocenters. The molecule has 1 rings (SSSR count). The van der Waals surface area contributed by atoms with Gasteiger partial charge < -0.3 is 10.0 Å². The molecule has 0 saturated heterocycles. The van der Waals surface area contributed by atoms with Gasteiger partial charge in [-0.2, -0.15) is 0 Å². The van der Waals surface area contributed by atoms with Crippen molar-refractivity contribution in [2.45, 2.75) is 53.5 Å². The minimum atomic E-state index is -0.309. The number of allylic oxidation sites excluding steroid dienone is 1. The highest BCUT2D eigenvalue weighted by Gasteiger charge is 2.31. The van der Waals surface area contributed by atoms with Gasteiger partial charge in [-0.25, -0.2) is 0 Å². The van der Waals surface area contributed by atoms with E-state index in [0.717, 1.165) is 6.42 Å². The van der Waals surface area contributed by atoms with Crippen LogP contribution in [0.2, 0.25) is 0 Å². The number of nitrogens with zero attached hydrogens (tertiary/aromatic N) is 2. The first kappa shape index (κ1) is 19.0. The Bertz CT molecular complexity index is 577. The lowest BCUT2D eigenvalue weighted by atomic mass is 9.80. The molecule has 1 aromatic carbocycles. The first-order valence-corrected chi connectivity index (χ1v) is 7.99. The topological polar surface area (TPSA) is 38.7 Å². The first-order chi connectivity index (χ1) is 10.6. The number of benzene rings is 1. The summed E-state index contributed by atoms with van der Waals surface area (Å²) in [5, 5.41) is 12.5. The highest BCUT2D eigenvalue weighted by molar-refractivity contribution is 5.90. The molecule has 0 N–H and O–H groups in total. The maximum absolute atomic E-state index is 12.5. The Labute approximate surface area is 141 Å². The van der Waals surface area contributed by atoms with Crippen LogP contribution in [0.15, 0.2) is 59.9 Å². The number of rotatable bonds is 6. The summed E-state index contributed by atoms with van der Waals surface area (Å²) in [7, 11) is 0. The fraction of sp³-hybridized carbons (Fsp3) is 0.450. The van der Waals surface area contributed by atoms with E-state index in [4.69, 9.17) is 0 Å². The fourth-order valence-corrected chi connectivity index (χ4v) is 2.98. The summed E-state index contributed by atoms with van der Waals surface area (Å²) in [6.45, 7) is 16.8. The van der Waals surface area contributed by atoms with Crippen molar-refractivity contribution in [1.82, 2.24) is 4.90 Å². The highest BCUT2D eigenvalue weighted by atomic mass is 16.3. The van der Waals surface area contributed by atoms with E-state index in [2.05, 4.69) is 46.2 Å². The van der Waals surface area contributed by atoms with Crippen molar-refractivity contribution >= 4 is 11.6 Å². The van der Waals surface area contributed by atoms with Gasteiger partial charge in [0.2, 0.25) is 0 Å². The molecule has 0 aliphatic heterocycles. The second-order valence-corrected chi connectivity index (χ2v) is 7.60. The van der Waals surface area contributed by atoms with Crippen molar-refractivity contribution in [3.8, 4) is 0 Å². The largest absolute Gasteiger partial charge is 0.857 e. The molecule has 0 atom stereocenters. The molecule has 0 bridgehead atoms. The Morgan fingerprint density at radius 1 is 1.17 bits per heavy atom. The van der Waals surface area contributed by atoms with Gasteiger partial charge in [0.25, 0.3) is 0 Å². The Hall–Kier alpha value is -2.03. The molecule has 0 fully saturated rings. The van der Waals surface area contributed by atoms with Crippen LogP contribution in [0.5, 0.6) is 0 Å². The Morgan fingerprint density at radius 3 is 2.22 bits per heavy atom. The minimum Gasteiger partial charge on any atom is -0.857 e. The molecular weight excluding hydrogens is 284 g/mol. The van der Waals surface area contributed by atoms with E-state index < -0.39 is 0 Å². The normalized spacial score (nSPS) is 13.4. The molecule has 0 amide bonds. The predicted octanol–water partition coefficient (Wildman–Crippen LogP) is 4.64. The summed E-state index contributed by atoms with van der Waals surface area (Å²) < 4.78 is 0. The van der Waals surface area contributed by atoms with Gasteiger partial charge in [0, 0.05) is 23.3 Å². The van der Waals surface area contributed by atoms with Crippen LogP contribution in [0, 0.1) is 5.41 Å². The molecule has 3 heteroatoms. The monoisotopic (exact) mass is 313 g/mol. The van der Waals surface area contributed by atoms with Crippen LogP contribution in [0.4, 0.5) is 5.69 Å². The molecule has 0 aliphatic carbocycles. The van der Waals surface area contributed by atoms with Gasteiger partial charge in [-0.3, -0.25) is 4.99 Å². The van der Waals surface area contributed by atoms with Crippen LogP contribution in [0.1, 0.15) is 48.0 Å². The van der Waals surface area contributed by atoms with E-state index in [1.54, 1.807) is 0 Å². The third-order valence-corrected chi connectivity index (χ3v) is 3.44. The number of para-hydroxylation sites is 1. The van der Waals surface area contributed by atoms with Crippen LogP contribution in [0.25, 0.3) is 0 Å². The molecule has 1 aromatic rings. The minimum absolute atomic E-state index is 0.142. The zero-order valence-electron chi connectivity index (χ0n) is 15.3. The average Bonchev–Trinajstić information content (AvgIpc) is 2.42. The quantitative estimate of drug-likeness (QED) is 0.567. The standard InChI is InChI=1S/C20H30N2O/c1-8-14-22(20(6,7)15-19(3,4)5)16(2)18(23)21-17-12-10-9-11-13-17/h8-14H,2,15H2,1,3-7H3,(H,21,23)/p-1/b14-8-. The van der Waals surface area contributed by atoms with Crippen molar-refractivity contribution in [3.05, 3.63) is 54.9 Å². The predicted molar refractivity (Wildman–Crippen MR) is 97.5 cm³/mol. The number of hydrogen-bond acceptors (Lipinski definition) is 3. The Balaban J connectivity index is 3.10. The molecule has 0 aliphatic rings. The maximum Gasteiger partial charge on any atom is 0.0623 e. The fourth-order valence-electron chi connectivity index (χ4n) is 2.98. The van der Waals surface area contributed by atoms with Gasteiger partial charge in [0.1, 0.15) is 0 Å². The van der Waals surface area contributed by atoms with Crippen LogP contribution in [-0.2, 0) is 0 Å². The summed E-state index contributed by atoms with van der Waals surface area (Å²) in [6.07, 6.45) is 4.75. The van der Waals surface area contributed by atoms with Crippen molar-refractivity contribution in [3.63, 3.8) is 0 Å². The van der Waals surface area contributed by atoms with Crippen molar-refractivity contribution < 1.29 is 5.11 Å². The average molecular weight is 313 g/mol. The van der Waals surface area contributed by atoms with Gasteiger partial charge in [0.05, 0.1) is 5.69 Å². The Kier molecular flexibility index (Phi) is 6.20. The summed E-state index contributed by atoms with van der Waals surface area (Å²) in [5.41, 5.74) is 0.946. The first-order valence-electron chi connectivity index (χ1n) is 7.99. The van der Waals surface area contributed by atoms with Crippen LogP contribution in [-0.4, -0.2) is 16.3 Å². The van der Waals surface area contributed by atoms with Crippen LogP contribution >= 0.6 is 0 Å². The molecule has 3 nitrogen and oxygen atoms in total. The Morgan fingerprint density at radius 2 is 1.74 bits per heavy atom. The molecular formula is C20H29N2O-. The van der Waals surface area contributed by atoms with Crippen LogP contribution in [0.3, 0.4) is 0 Å². The van der Waals surface area contributed by atoms with Crippen molar-refractivity contribution in [2.75, 3.05) is 0 Å². The molecule has 0 radical (unpaired) electrons. The third kappa shape index (κ3) is 5.93. The van der Waals surface area contributed by atoms with E-state index in [1.165, 1.54) is 0 Å². The summed E-state index contributed by atoms with van der Waals surface area (Å²) in [5.74, 6) is -0.309. The second kappa shape index (κ2) is 7.49. The van der Waals surface area contributed by atoms with Crippen LogP contribution < -0.4 is 5.11 Å². The lowest BCUT2D eigenvalue weighted by Gasteiger charge is -2.43. The van der Waals surface area contributed by atoms with Crippen molar-refractivity contribution in [2.24, 2.45) is 10.4 Å². The van der Waals surface area contributed by atoms with E-state index in [1.807, 2.05) is 54.4 Å². The molecule has 126 valence electrons. The zero-order valence-corrected chi connectivity index (χ0v) is 15.3. The summed E-state index contributed by atoms with van der Waals surface area (Å²) in [4.78, 5) is 6.10. The van der Waals surface area contributed by atoms with E-state index >= 15 is 0 Å². The lowest BCUT2D eigenvalue weighted by molar-refractivity contribution is -0.215. The lowest BCUT2D eigenvalue weighted by Crippen LogP contribution is -2.45. The molecule has 0 saturated carbocycles.